The maximum absolute atomic E-state index is 12.6. The molecule has 0 saturated heterocycles. The molecule has 118 valence electrons. The fourth-order valence-corrected chi connectivity index (χ4v) is 2.51. The van der Waals surface area contributed by atoms with Gasteiger partial charge >= 0.3 is 0 Å². The number of anilines is 2. The lowest BCUT2D eigenvalue weighted by molar-refractivity contribution is -0.129. The van der Waals surface area contributed by atoms with Gasteiger partial charge in [-0.1, -0.05) is 18.3 Å². The van der Waals surface area contributed by atoms with Gasteiger partial charge in [-0.25, -0.2) is 4.98 Å². The van der Waals surface area contributed by atoms with Crippen LogP contribution in [0.3, 0.4) is 0 Å². The van der Waals surface area contributed by atoms with Gasteiger partial charge in [0.25, 0.3) is 5.91 Å². The highest BCUT2D eigenvalue weighted by molar-refractivity contribution is 7.18. The lowest BCUT2D eigenvalue weighted by Crippen LogP contribution is -2.40. The molecule has 0 aliphatic heterocycles. The maximum Gasteiger partial charge on any atom is 0.268 e. The summed E-state index contributed by atoms with van der Waals surface area (Å²) in [4.78, 5) is 33.8. The van der Waals surface area contributed by atoms with Gasteiger partial charge in [-0.15, -0.1) is 0 Å². The van der Waals surface area contributed by atoms with E-state index >= 15 is 0 Å². The first-order valence-electron chi connectivity index (χ1n) is 6.71. The van der Waals surface area contributed by atoms with Crippen LogP contribution in [0.5, 0.6) is 0 Å². The molecule has 1 rings (SSSR count). The highest BCUT2D eigenvalue weighted by Crippen LogP contribution is 2.28. The number of carbonyl (C=O) groups is 2. The summed E-state index contributed by atoms with van der Waals surface area (Å²) in [6.07, 6.45) is 0.770. The summed E-state index contributed by atoms with van der Waals surface area (Å²) in [7, 11) is 7.02. The van der Waals surface area contributed by atoms with E-state index in [4.69, 9.17) is 5.73 Å². The summed E-state index contributed by atoms with van der Waals surface area (Å²) in [6.45, 7) is 2.52. The first-order chi connectivity index (χ1) is 9.77. The molecule has 1 heterocycles. The number of hydrogen-bond donors (Lipinski definition) is 1. The average Bonchev–Trinajstić information content (AvgIpc) is 2.79. The van der Waals surface area contributed by atoms with Gasteiger partial charge in [0, 0.05) is 34.7 Å². The first kappa shape index (κ1) is 17.2. The molecule has 2 N–H and O–H groups in total. The second-order valence-electron chi connectivity index (χ2n) is 5.12. The Hall–Kier alpha value is -1.83. The average molecular weight is 313 g/mol. The Morgan fingerprint density at radius 1 is 1.24 bits per heavy atom. The summed E-state index contributed by atoms with van der Waals surface area (Å²) in [5, 5.41) is 0.672. The molecule has 8 heteroatoms. The Balaban J connectivity index is 2.97. The number of rotatable bonds is 6. The molecule has 0 bridgehead atoms. The van der Waals surface area contributed by atoms with E-state index in [-0.39, 0.29) is 24.2 Å². The number of carbonyl (C=O) groups excluding carboxylic acids is 2. The summed E-state index contributed by atoms with van der Waals surface area (Å²) >= 11 is 1.24. The van der Waals surface area contributed by atoms with Gasteiger partial charge in [-0.05, 0) is 6.42 Å². The smallest absolute Gasteiger partial charge is 0.268 e. The van der Waals surface area contributed by atoms with Crippen LogP contribution in [0.15, 0.2) is 0 Å². The van der Waals surface area contributed by atoms with Crippen molar-refractivity contribution in [2.45, 2.75) is 13.3 Å². The van der Waals surface area contributed by atoms with Crippen LogP contribution in [0.4, 0.5) is 10.9 Å². The normalized spacial score (nSPS) is 10.3. The molecule has 7 nitrogen and oxygen atoms in total. The minimum atomic E-state index is -0.241. The van der Waals surface area contributed by atoms with Crippen molar-refractivity contribution >= 4 is 34.1 Å². The van der Waals surface area contributed by atoms with Crippen molar-refractivity contribution in [2.75, 3.05) is 51.9 Å². The van der Waals surface area contributed by atoms with E-state index in [1.165, 1.54) is 21.1 Å². The predicted molar refractivity (Wildman–Crippen MR) is 85.7 cm³/mol. The molecule has 0 spiro atoms. The van der Waals surface area contributed by atoms with Crippen LogP contribution in [-0.4, -0.2) is 67.9 Å². The van der Waals surface area contributed by atoms with Crippen LogP contribution in [0.1, 0.15) is 23.0 Å². The number of nitrogen functional groups attached to an aromatic ring is 1. The highest BCUT2D eigenvalue weighted by Gasteiger charge is 2.24. The van der Waals surface area contributed by atoms with Crippen molar-refractivity contribution in [1.29, 1.82) is 0 Å². The molecule has 1 aromatic heterocycles. The molecular formula is C13H23N5O2S. The molecule has 0 unspecified atom stereocenters. The minimum absolute atomic E-state index is 0.0499. The number of nitrogens with zero attached hydrogens (tertiary/aromatic N) is 4. The van der Waals surface area contributed by atoms with Crippen molar-refractivity contribution in [3.8, 4) is 0 Å². The molecular weight excluding hydrogens is 290 g/mol. The van der Waals surface area contributed by atoms with E-state index in [0.717, 1.165) is 6.42 Å². The molecule has 0 aliphatic carbocycles. The zero-order valence-electron chi connectivity index (χ0n) is 13.2. The minimum Gasteiger partial charge on any atom is -0.382 e. The summed E-state index contributed by atoms with van der Waals surface area (Å²) < 4.78 is 0. The number of likely N-dealkylation sites (N-methyl/N-ethyl adjacent to an activating group) is 1. The maximum atomic E-state index is 12.6. The highest BCUT2D eigenvalue weighted by atomic mass is 32.1. The van der Waals surface area contributed by atoms with Crippen LogP contribution in [-0.2, 0) is 4.79 Å². The van der Waals surface area contributed by atoms with Crippen LogP contribution >= 0.6 is 11.3 Å². The second-order valence-corrected chi connectivity index (χ2v) is 6.10. The van der Waals surface area contributed by atoms with Crippen LogP contribution in [0.2, 0.25) is 0 Å². The monoisotopic (exact) mass is 313 g/mol. The van der Waals surface area contributed by atoms with Gasteiger partial charge in [0.05, 0.1) is 0 Å². The Morgan fingerprint density at radius 3 is 2.29 bits per heavy atom. The van der Waals surface area contributed by atoms with Crippen molar-refractivity contribution in [2.24, 2.45) is 0 Å². The summed E-state index contributed by atoms with van der Waals surface area (Å²) in [6, 6.07) is 0. The molecule has 0 atom stereocenters. The third-order valence-corrected chi connectivity index (χ3v) is 4.05. The second kappa shape index (κ2) is 7.26. The van der Waals surface area contributed by atoms with Crippen molar-refractivity contribution in [1.82, 2.24) is 14.8 Å². The Labute approximate surface area is 129 Å². The van der Waals surface area contributed by atoms with Gasteiger partial charge in [-0.3, -0.25) is 9.59 Å². The number of nitrogens with two attached hydrogens (primary N) is 1. The quantitative estimate of drug-likeness (QED) is 0.837. The van der Waals surface area contributed by atoms with Crippen molar-refractivity contribution < 1.29 is 9.59 Å². The van der Waals surface area contributed by atoms with Gasteiger partial charge in [0.2, 0.25) is 5.91 Å². The van der Waals surface area contributed by atoms with E-state index in [1.807, 2.05) is 21.0 Å². The molecule has 0 fully saturated rings. The van der Waals surface area contributed by atoms with Crippen LogP contribution < -0.4 is 10.6 Å². The Morgan fingerprint density at radius 2 is 1.86 bits per heavy atom. The van der Waals surface area contributed by atoms with Gasteiger partial charge in [0.1, 0.15) is 17.2 Å². The molecule has 0 radical (unpaired) electrons. The number of amides is 2. The van der Waals surface area contributed by atoms with Crippen LogP contribution in [0.25, 0.3) is 0 Å². The Bertz CT molecular complexity index is 513. The van der Waals surface area contributed by atoms with E-state index in [9.17, 15) is 9.59 Å². The molecule has 0 saturated carbocycles. The fourth-order valence-electron chi connectivity index (χ4n) is 1.64. The van der Waals surface area contributed by atoms with Gasteiger partial charge in [0.15, 0.2) is 5.13 Å². The molecule has 0 aromatic carbocycles. The number of hydrogen-bond acceptors (Lipinski definition) is 6. The lowest BCUT2D eigenvalue weighted by Gasteiger charge is -2.22. The third-order valence-electron chi connectivity index (χ3n) is 2.82. The van der Waals surface area contributed by atoms with Gasteiger partial charge < -0.3 is 20.4 Å². The van der Waals surface area contributed by atoms with E-state index < -0.39 is 0 Å². The summed E-state index contributed by atoms with van der Waals surface area (Å²) in [5.41, 5.74) is 5.83. The zero-order chi connectivity index (χ0) is 16.2. The number of thiazole rings is 1. The van der Waals surface area contributed by atoms with E-state index in [2.05, 4.69) is 4.98 Å². The summed E-state index contributed by atoms with van der Waals surface area (Å²) in [5.74, 6) is -0.144. The SMILES string of the molecule is CCCN(CC(=O)N(C)C)C(=O)c1sc(N(C)C)nc1N. The van der Waals surface area contributed by atoms with E-state index in [1.54, 1.807) is 19.0 Å². The predicted octanol–water partition coefficient (Wildman–Crippen LogP) is 0.732. The van der Waals surface area contributed by atoms with E-state index in [0.29, 0.717) is 16.6 Å². The largest absolute Gasteiger partial charge is 0.382 e. The molecule has 21 heavy (non-hydrogen) atoms. The van der Waals surface area contributed by atoms with Crippen LogP contribution in [0, 0.1) is 0 Å². The molecule has 1 aromatic rings. The molecule has 2 amide bonds. The van der Waals surface area contributed by atoms with Crippen molar-refractivity contribution in [3.63, 3.8) is 0 Å². The molecule has 0 aliphatic rings. The lowest BCUT2D eigenvalue weighted by atomic mass is 10.3. The fraction of sp³-hybridized carbons (Fsp3) is 0.615. The third kappa shape index (κ3) is 4.32. The van der Waals surface area contributed by atoms with Crippen molar-refractivity contribution in [3.05, 3.63) is 4.88 Å². The zero-order valence-corrected chi connectivity index (χ0v) is 14.0. The Kier molecular flexibility index (Phi) is 5.95. The van der Waals surface area contributed by atoms with Gasteiger partial charge in [-0.2, -0.15) is 0 Å². The standard InChI is InChI=1S/C13H23N5O2S/c1-6-7-18(8-9(19)16(2)3)12(20)10-11(14)15-13(21-10)17(4)5/h6-8,14H2,1-5H3. The first-order valence-corrected chi connectivity index (χ1v) is 7.52. The number of aromatic nitrogens is 1. The topological polar surface area (TPSA) is 82.8 Å².